The van der Waals surface area contributed by atoms with Gasteiger partial charge >= 0.3 is 5.97 Å². The standard InChI is InChI=1S/C15H28O2/c1-3-5-7-10-13(9-6-4-2)15(16)17-14-11-8-12-14/h13-14H,3-12H2,1-2H3. The molecule has 17 heavy (non-hydrogen) atoms. The van der Waals surface area contributed by atoms with Gasteiger partial charge in [0, 0.05) is 0 Å². The van der Waals surface area contributed by atoms with Gasteiger partial charge in [-0.15, -0.1) is 0 Å². The molecule has 0 aromatic carbocycles. The number of hydrogen-bond donors (Lipinski definition) is 0. The third-order valence-corrected chi connectivity index (χ3v) is 3.73. The van der Waals surface area contributed by atoms with Crippen molar-refractivity contribution in [3.05, 3.63) is 0 Å². The van der Waals surface area contributed by atoms with Gasteiger partial charge in [0.15, 0.2) is 0 Å². The molecule has 0 aromatic rings. The van der Waals surface area contributed by atoms with E-state index in [9.17, 15) is 4.79 Å². The molecule has 0 N–H and O–H groups in total. The van der Waals surface area contributed by atoms with E-state index in [1.165, 1.54) is 32.1 Å². The molecule has 1 aliphatic carbocycles. The minimum absolute atomic E-state index is 0.0826. The Kier molecular flexibility index (Phi) is 7.30. The quantitative estimate of drug-likeness (QED) is 0.439. The molecule has 0 bridgehead atoms. The normalized spacial score (nSPS) is 17.5. The van der Waals surface area contributed by atoms with Gasteiger partial charge in [0.05, 0.1) is 5.92 Å². The van der Waals surface area contributed by atoms with Gasteiger partial charge in [-0.05, 0) is 32.1 Å². The Bertz CT molecular complexity index is 209. The van der Waals surface area contributed by atoms with Gasteiger partial charge in [-0.2, -0.15) is 0 Å². The van der Waals surface area contributed by atoms with E-state index < -0.39 is 0 Å². The average molecular weight is 240 g/mol. The molecule has 100 valence electrons. The molecular formula is C15H28O2. The van der Waals surface area contributed by atoms with Crippen LogP contribution in [0.4, 0.5) is 0 Å². The molecule has 2 nitrogen and oxygen atoms in total. The summed E-state index contributed by atoms with van der Waals surface area (Å²) in [5.74, 6) is 0.251. The lowest BCUT2D eigenvalue weighted by Crippen LogP contribution is -2.29. The third-order valence-electron chi connectivity index (χ3n) is 3.73. The number of esters is 1. The number of rotatable bonds is 9. The Morgan fingerprint density at radius 3 is 2.29 bits per heavy atom. The van der Waals surface area contributed by atoms with Crippen molar-refractivity contribution >= 4 is 5.97 Å². The van der Waals surface area contributed by atoms with E-state index in [4.69, 9.17) is 4.74 Å². The summed E-state index contributed by atoms with van der Waals surface area (Å²) in [6.45, 7) is 4.38. The molecule has 1 aliphatic rings. The summed E-state index contributed by atoms with van der Waals surface area (Å²) in [5, 5.41) is 0. The van der Waals surface area contributed by atoms with E-state index in [1.807, 2.05) is 0 Å². The van der Waals surface area contributed by atoms with Crippen LogP contribution < -0.4 is 0 Å². The molecule has 2 heteroatoms. The Hall–Kier alpha value is -0.530. The maximum atomic E-state index is 12.0. The molecule has 0 amide bonds. The summed E-state index contributed by atoms with van der Waals surface area (Å²) >= 11 is 0. The highest BCUT2D eigenvalue weighted by atomic mass is 16.5. The molecule has 1 atom stereocenters. The molecular weight excluding hydrogens is 212 g/mol. The van der Waals surface area contributed by atoms with Crippen LogP contribution in [0.3, 0.4) is 0 Å². The fourth-order valence-corrected chi connectivity index (χ4v) is 2.22. The zero-order valence-electron chi connectivity index (χ0n) is 11.5. The van der Waals surface area contributed by atoms with E-state index in [2.05, 4.69) is 13.8 Å². The van der Waals surface area contributed by atoms with Crippen LogP contribution in [0.15, 0.2) is 0 Å². The highest BCUT2D eigenvalue weighted by Crippen LogP contribution is 2.25. The van der Waals surface area contributed by atoms with Crippen molar-refractivity contribution in [3.63, 3.8) is 0 Å². The van der Waals surface area contributed by atoms with Crippen LogP contribution >= 0.6 is 0 Å². The van der Waals surface area contributed by atoms with Crippen LogP contribution in [0.5, 0.6) is 0 Å². The van der Waals surface area contributed by atoms with Crippen molar-refractivity contribution in [2.45, 2.75) is 84.2 Å². The fraction of sp³-hybridized carbons (Fsp3) is 0.933. The molecule has 0 saturated heterocycles. The van der Waals surface area contributed by atoms with E-state index in [-0.39, 0.29) is 18.0 Å². The molecule has 1 saturated carbocycles. The number of hydrogen-bond acceptors (Lipinski definition) is 2. The van der Waals surface area contributed by atoms with E-state index in [0.29, 0.717) is 0 Å². The first-order chi connectivity index (χ1) is 8.27. The zero-order valence-corrected chi connectivity index (χ0v) is 11.5. The maximum Gasteiger partial charge on any atom is 0.309 e. The molecule has 0 spiro atoms. The summed E-state index contributed by atoms with van der Waals surface area (Å²) in [4.78, 5) is 12.0. The van der Waals surface area contributed by atoms with E-state index in [1.54, 1.807) is 0 Å². The van der Waals surface area contributed by atoms with E-state index >= 15 is 0 Å². The molecule has 1 fully saturated rings. The van der Waals surface area contributed by atoms with Crippen molar-refractivity contribution in [1.82, 2.24) is 0 Å². The predicted octanol–water partition coefficient (Wildman–Crippen LogP) is 4.47. The molecule has 0 aromatic heterocycles. The minimum Gasteiger partial charge on any atom is -0.462 e. The second-order valence-corrected chi connectivity index (χ2v) is 5.32. The molecule has 0 radical (unpaired) electrons. The smallest absolute Gasteiger partial charge is 0.309 e. The van der Waals surface area contributed by atoms with Crippen LogP contribution in [0.25, 0.3) is 0 Å². The zero-order chi connectivity index (χ0) is 12.5. The third kappa shape index (κ3) is 5.56. The first kappa shape index (κ1) is 14.5. The van der Waals surface area contributed by atoms with Crippen molar-refractivity contribution in [2.75, 3.05) is 0 Å². The lowest BCUT2D eigenvalue weighted by molar-refractivity contribution is -0.158. The second-order valence-electron chi connectivity index (χ2n) is 5.32. The number of carbonyl (C=O) groups is 1. The fourth-order valence-electron chi connectivity index (χ4n) is 2.22. The SMILES string of the molecule is CCCCCC(CCCC)C(=O)OC1CCC1. The van der Waals surface area contributed by atoms with Crippen LogP contribution in [0, 0.1) is 5.92 Å². The van der Waals surface area contributed by atoms with Gasteiger partial charge in [0.25, 0.3) is 0 Å². The Morgan fingerprint density at radius 2 is 1.76 bits per heavy atom. The highest BCUT2D eigenvalue weighted by Gasteiger charge is 2.26. The van der Waals surface area contributed by atoms with Crippen LogP contribution in [-0.4, -0.2) is 12.1 Å². The summed E-state index contributed by atoms with van der Waals surface area (Å²) in [6, 6.07) is 0. The van der Waals surface area contributed by atoms with Gasteiger partial charge in [0.1, 0.15) is 6.10 Å². The van der Waals surface area contributed by atoms with Gasteiger partial charge in [0.2, 0.25) is 0 Å². The van der Waals surface area contributed by atoms with Gasteiger partial charge in [-0.25, -0.2) is 0 Å². The van der Waals surface area contributed by atoms with Gasteiger partial charge in [-0.1, -0.05) is 46.0 Å². The summed E-state index contributed by atoms with van der Waals surface area (Å²) in [6.07, 6.45) is 11.6. The number of ether oxygens (including phenoxy) is 1. The highest BCUT2D eigenvalue weighted by molar-refractivity contribution is 5.72. The Morgan fingerprint density at radius 1 is 1.12 bits per heavy atom. The first-order valence-electron chi connectivity index (χ1n) is 7.48. The Balaban J connectivity index is 2.27. The monoisotopic (exact) mass is 240 g/mol. The van der Waals surface area contributed by atoms with Crippen molar-refractivity contribution in [3.8, 4) is 0 Å². The van der Waals surface area contributed by atoms with Crippen molar-refractivity contribution in [1.29, 1.82) is 0 Å². The topological polar surface area (TPSA) is 26.3 Å². The summed E-state index contributed by atoms with van der Waals surface area (Å²) in [7, 11) is 0. The largest absolute Gasteiger partial charge is 0.462 e. The average Bonchev–Trinajstić information content (AvgIpc) is 2.28. The minimum atomic E-state index is 0.0826. The number of unbranched alkanes of at least 4 members (excludes halogenated alkanes) is 3. The lowest BCUT2D eigenvalue weighted by Gasteiger charge is -2.27. The molecule has 0 heterocycles. The molecule has 1 rings (SSSR count). The van der Waals surface area contributed by atoms with Crippen molar-refractivity contribution < 1.29 is 9.53 Å². The van der Waals surface area contributed by atoms with E-state index in [0.717, 1.165) is 32.1 Å². The lowest BCUT2D eigenvalue weighted by atomic mass is 9.93. The summed E-state index contributed by atoms with van der Waals surface area (Å²) < 4.78 is 5.54. The maximum absolute atomic E-state index is 12.0. The predicted molar refractivity (Wildman–Crippen MR) is 70.9 cm³/mol. The molecule has 0 aliphatic heterocycles. The Labute approximate surface area is 106 Å². The first-order valence-corrected chi connectivity index (χ1v) is 7.48. The molecule has 1 unspecified atom stereocenters. The number of carbonyl (C=O) groups excluding carboxylic acids is 1. The second kappa shape index (κ2) is 8.54. The van der Waals surface area contributed by atoms with Gasteiger partial charge in [-0.3, -0.25) is 4.79 Å². The van der Waals surface area contributed by atoms with Crippen LogP contribution in [-0.2, 0) is 9.53 Å². The van der Waals surface area contributed by atoms with Crippen LogP contribution in [0.2, 0.25) is 0 Å². The van der Waals surface area contributed by atoms with Crippen LogP contribution in [0.1, 0.15) is 78.1 Å². The summed E-state index contributed by atoms with van der Waals surface area (Å²) in [5.41, 5.74) is 0. The van der Waals surface area contributed by atoms with Crippen molar-refractivity contribution in [2.24, 2.45) is 5.92 Å². The van der Waals surface area contributed by atoms with Gasteiger partial charge < -0.3 is 4.74 Å².